The maximum Gasteiger partial charge on any atom is 0.410 e. The molecule has 1 aromatic carbocycles. The van der Waals surface area contributed by atoms with Crippen molar-refractivity contribution in [1.29, 1.82) is 0 Å². The SMILES string of the molecule is Cc1cc(C)cc(C2(O)CC3COCC(C2)N3C(=O)OC(C)(C)C)c1. The molecule has 2 bridgehead atoms. The number of rotatable bonds is 1. The second-order valence-corrected chi connectivity index (χ2v) is 8.55. The average molecular weight is 347 g/mol. The molecule has 3 rings (SSSR count). The monoisotopic (exact) mass is 347 g/mol. The first-order valence-electron chi connectivity index (χ1n) is 8.98. The number of fused-ring (bicyclic) bond motifs is 2. The highest BCUT2D eigenvalue weighted by molar-refractivity contribution is 5.69. The predicted molar refractivity (Wildman–Crippen MR) is 95.5 cm³/mol. The van der Waals surface area contributed by atoms with Crippen LogP contribution in [0, 0.1) is 13.8 Å². The molecule has 5 heteroatoms. The third kappa shape index (κ3) is 3.82. The molecule has 2 heterocycles. The molecule has 2 fully saturated rings. The van der Waals surface area contributed by atoms with E-state index in [1.807, 2.05) is 46.8 Å². The molecule has 0 radical (unpaired) electrons. The molecule has 1 N–H and O–H groups in total. The molecule has 5 nitrogen and oxygen atoms in total. The molecular weight excluding hydrogens is 318 g/mol. The zero-order valence-electron chi connectivity index (χ0n) is 15.8. The molecule has 138 valence electrons. The summed E-state index contributed by atoms with van der Waals surface area (Å²) in [6.45, 7) is 10.6. The molecular formula is C20H29NO4. The summed E-state index contributed by atoms with van der Waals surface area (Å²) in [5, 5.41) is 11.4. The Bertz CT molecular complexity index is 630. The first kappa shape index (κ1) is 18.2. The van der Waals surface area contributed by atoms with E-state index in [1.165, 1.54) is 0 Å². The number of hydrogen-bond donors (Lipinski definition) is 1. The van der Waals surface area contributed by atoms with Crippen LogP contribution in [0.1, 0.15) is 50.3 Å². The standard InChI is InChI=1S/C20H29NO4/c1-13-6-14(2)8-15(7-13)20(23)9-16-11-24-12-17(10-20)21(16)18(22)25-19(3,4)5/h6-8,16-17,23H,9-12H2,1-5H3. The van der Waals surface area contributed by atoms with Crippen LogP contribution in [-0.4, -0.2) is 47.0 Å². The maximum absolute atomic E-state index is 12.6. The minimum atomic E-state index is -0.936. The average Bonchev–Trinajstić information content (AvgIpc) is 2.43. The van der Waals surface area contributed by atoms with Crippen LogP contribution in [0.2, 0.25) is 0 Å². The first-order chi connectivity index (χ1) is 11.6. The molecule has 2 aliphatic heterocycles. The summed E-state index contributed by atoms with van der Waals surface area (Å²) in [6.07, 6.45) is 0.616. The van der Waals surface area contributed by atoms with Gasteiger partial charge in [0.1, 0.15) is 5.60 Å². The van der Waals surface area contributed by atoms with E-state index in [2.05, 4.69) is 6.07 Å². The fourth-order valence-corrected chi connectivity index (χ4v) is 4.07. The lowest BCUT2D eigenvalue weighted by atomic mass is 9.76. The number of hydrogen-bond acceptors (Lipinski definition) is 4. The zero-order valence-corrected chi connectivity index (χ0v) is 15.8. The lowest BCUT2D eigenvalue weighted by Crippen LogP contribution is -2.63. The topological polar surface area (TPSA) is 59.0 Å². The maximum atomic E-state index is 12.6. The number of carbonyl (C=O) groups is 1. The van der Waals surface area contributed by atoms with Crippen molar-refractivity contribution in [3.8, 4) is 0 Å². The predicted octanol–water partition coefficient (Wildman–Crippen LogP) is 3.29. The van der Waals surface area contributed by atoms with Gasteiger partial charge < -0.3 is 14.6 Å². The van der Waals surface area contributed by atoms with E-state index in [4.69, 9.17) is 9.47 Å². The van der Waals surface area contributed by atoms with Gasteiger partial charge in [0.05, 0.1) is 30.9 Å². The smallest absolute Gasteiger partial charge is 0.410 e. The summed E-state index contributed by atoms with van der Waals surface area (Å²) >= 11 is 0. The molecule has 2 saturated heterocycles. The molecule has 0 aromatic heterocycles. The highest BCUT2D eigenvalue weighted by Gasteiger charge is 2.49. The number of ether oxygens (including phenoxy) is 2. The number of nitrogens with zero attached hydrogens (tertiary/aromatic N) is 1. The molecule has 0 saturated carbocycles. The number of amides is 1. The minimum absolute atomic E-state index is 0.173. The number of piperidine rings is 1. The number of carbonyl (C=O) groups excluding carboxylic acids is 1. The Morgan fingerprint density at radius 2 is 1.68 bits per heavy atom. The second kappa shape index (κ2) is 6.29. The van der Waals surface area contributed by atoms with Crippen molar-refractivity contribution in [2.75, 3.05) is 13.2 Å². The highest BCUT2D eigenvalue weighted by atomic mass is 16.6. The lowest BCUT2D eigenvalue weighted by Gasteiger charge is -2.51. The van der Waals surface area contributed by atoms with Gasteiger partial charge in [0.2, 0.25) is 0 Å². The van der Waals surface area contributed by atoms with Gasteiger partial charge in [0, 0.05) is 12.8 Å². The fourth-order valence-electron chi connectivity index (χ4n) is 4.07. The minimum Gasteiger partial charge on any atom is -0.444 e. The van der Waals surface area contributed by atoms with E-state index in [0.717, 1.165) is 16.7 Å². The molecule has 0 aliphatic carbocycles. The van der Waals surface area contributed by atoms with Gasteiger partial charge in [0.25, 0.3) is 0 Å². The van der Waals surface area contributed by atoms with E-state index in [0.29, 0.717) is 26.1 Å². The van der Waals surface area contributed by atoms with Crippen molar-refractivity contribution in [1.82, 2.24) is 4.90 Å². The fraction of sp³-hybridized carbons (Fsp3) is 0.650. The van der Waals surface area contributed by atoms with Crippen molar-refractivity contribution in [3.63, 3.8) is 0 Å². The molecule has 1 amide bonds. The Hall–Kier alpha value is -1.59. The van der Waals surface area contributed by atoms with E-state index >= 15 is 0 Å². The van der Waals surface area contributed by atoms with E-state index in [9.17, 15) is 9.90 Å². The Morgan fingerprint density at radius 3 is 2.16 bits per heavy atom. The molecule has 1 aromatic rings. The van der Waals surface area contributed by atoms with Crippen molar-refractivity contribution in [2.24, 2.45) is 0 Å². The van der Waals surface area contributed by atoms with Gasteiger partial charge in [-0.05, 0) is 40.2 Å². The van der Waals surface area contributed by atoms with Crippen LogP contribution in [0.3, 0.4) is 0 Å². The Morgan fingerprint density at radius 1 is 1.16 bits per heavy atom. The number of benzene rings is 1. The Balaban J connectivity index is 1.86. The van der Waals surface area contributed by atoms with E-state index in [-0.39, 0.29) is 18.2 Å². The quantitative estimate of drug-likeness (QED) is 0.847. The van der Waals surface area contributed by atoms with Gasteiger partial charge in [-0.2, -0.15) is 0 Å². The normalized spacial score (nSPS) is 29.4. The molecule has 2 unspecified atom stereocenters. The third-order valence-corrected chi connectivity index (χ3v) is 4.92. The number of aliphatic hydroxyl groups is 1. The van der Waals surface area contributed by atoms with Crippen LogP contribution in [0.5, 0.6) is 0 Å². The number of aryl methyl sites for hydroxylation is 2. The highest BCUT2D eigenvalue weighted by Crippen LogP contribution is 2.42. The van der Waals surface area contributed by atoms with Crippen molar-refractivity contribution in [3.05, 3.63) is 34.9 Å². The van der Waals surface area contributed by atoms with Crippen LogP contribution in [0.25, 0.3) is 0 Å². The summed E-state index contributed by atoms with van der Waals surface area (Å²) in [4.78, 5) is 14.4. The van der Waals surface area contributed by atoms with Gasteiger partial charge in [-0.25, -0.2) is 4.79 Å². The second-order valence-electron chi connectivity index (χ2n) is 8.55. The molecule has 0 spiro atoms. The summed E-state index contributed by atoms with van der Waals surface area (Å²) in [7, 11) is 0. The van der Waals surface area contributed by atoms with E-state index < -0.39 is 11.2 Å². The lowest BCUT2D eigenvalue weighted by molar-refractivity contribution is -0.141. The van der Waals surface area contributed by atoms with E-state index in [1.54, 1.807) is 4.90 Å². The van der Waals surface area contributed by atoms with Gasteiger partial charge >= 0.3 is 6.09 Å². The largest absolute Gasteiger partial charge is 0.444 e. The summed E-state index contributed by atoms with van der Waals surface area (Å²) in [5.41, 5.74) is 1.74. The van der Waals surface area contributed by atoms with Gasteiger partial charge in [-0.15, -0.1) is 0 Å². The molecule has 2 aliphatic rings. The number of morpholine rings is 1. The van der Waals surface area contributed by atoms with Gasteiger partial charge in [0.15, 0.2) is 0 Å². The molecule has 2 atom stereocenters. The zero-order chi connectivity index (χ0) is 18.4. The van der Waals surface area contributed by atoms with Crippen LogP contribution < -0.4 is 0 Å². The van der Waals surface area contributed by atoms with Crippen LogP contribution >= 0.6 is 0 Å². The van der Waals surface area contributed by atoms with Crippen molar-refractivity contribution in [2.45, 2.75) is 70.7 Å². The third-order valence-electron chi connectivity index (χ3n) is 4.92. The summed E-state index contributed by atoms with van der Waals surface area (Å²) < 4.78 is 11.2. The summed E-state index contributed by atoms with van der Waals surface area (Å²) in [5.74, 6) is 0. The van der Waals surface area contributed by atoms with Crippen molar-refractivity contribution < 1.29 is 19.4 Å². The van der Waals surface area contributed by atoms with Crippen LogP contribution in [-0.2, 0) is 15.1 Å². The van der Waals surface area contributed by atoms with Crippen molar-refractivity contribution >= 4 is 6.09 Å². The summed E-state index contributed by atoms with van der Waals surface area (Å²) in [6, 6.07) is 5.85. The van der Waals surface area contributed by atoms with Gasteiger partial charge in [-0.3, -0.25) is 4.90 Å². The Labute approximate surface area is 149 Å². The van der Waals surface area contributed by atoms with Gasteiger partial charge in [-0.1, -0.05) is 29.3 Å². The van der Waals surface area contributed by atoms with Crippen LogP contribution in [0.15, 0.2) is 18.2 Å². The Kier molecular flexibility index (Phi) is 4.58. The first-order valence-corrected chi connectivity index (χ1v) is 8.98. The van der Waals surface area contributed by atoms with Crippen LogP contribution in [0.4, 0.5) is 4.79 Å². The molecule has 25 heavy (non-hydrogen) atoms.